The van der Waals surface area contributed by atoms with Crippen LogP contribution in [-0.2, 0) is 0 Å². The number of hydrogen-bond acceptors (Lipinski definition) is 2. The predicted octanol–water partition coefficient (Wildman–Crippen LogP) is 2.95. The van der Waals surface area contributed by atoms with Gasteiger partial charge in [-0.2, -0.15) is 0 Å². The fourth-order valence-electron chi connectivity index (χ4n) is 1.75. The molecular formula is C14H23FN2. The lowest BCUT2D eigenvalue weighted by atomic mass is 10.0. The summed E-state index contributed by atoms with van der Waals surface area (Å²) in [6, 6.07) is 7.03. The van der Waals surface area contributed by atoms with Crippen LogP contribution in [0.5, 0.6) is 0 Å². The van der Waals surface area contributed by atoms with Crippen molar-refractivity contribution in [3.05, 3.63) is 35.6 Å². The minimum atomic E-state index is -0.210. The summed E-state index contributed by atoms with van der Waals surface area (Å²) in [7, 11) is 2.12. The summed E-state index contributed by atoms with van der Waals surface area (Å²) in [6.45, 7) is 5.36. The van der Waals surface area contributed by atoms with Gasteiger partial charge in [0.1, 0.15) is 5.82 Å². The van der Waals surface area contributed by atoms with Crippen LogP contribution in [0.1, 0.15) is 38.3 Å². The SMILES string of the molecule is CCC(C)N(C)CCC(N)c1ccc(F)cc1. The van der Waals surface area contributed by atoms with Crippen LogP contribution in [0.3, 0.4) is 0 Å². The minimum absolute atomic E-state index is 0.0119. The van der Waals surface area contributed by atoms with E-state index in [0.29, 0.717) is 6.04 Å². The van der Waals surface area contributed by atoms with Gasteiger partial charge in [0.25, 0.3) is 0 Å². The molecule has 2 atom stereocenters. The van der Waals surface area contributed by atoms with E-state index in [1.807, 2.05) is 0 Å². The van der Waals surface area contributed by atoms with E-state index in [0.717, 1.165) is 24.9 Å². The average Bonchev–Trinajstić information content (AvgIpc) is 2.35. The Morgan fingerprint density at radius 2 is 1.88 bits per heavy atom. The van der Waals surface area contributed by atoms with Gasteiger partial charge in [0.2, 0.25) is 0 Å². The van der Waals surface area contributed by atoms with E-state index in [4.69, 9.17) is 5.73 Å². The number of nitrogens with two attached hydrogens (primary N) is 1. The lowest BCUT2D eigenvalue weighted by molar-refractivity contribution is 0.243. The van der Waals surface area contributed by atoms with E-state index >= 15 is 0 Å². The van der Waals surface area contributed by atoms with Crippen LogP contribution in [0.15, 0.2) is 24.3 Å². The largest absolute Gasteiger partial charge is 0.324 e. The van der Waals surface area contributed by atoms with Crippen LogP contribution < -0.4 is 5.73 Å². The number of nitrogens with zero attached hydrogens (tertiary/aromatic N) is 1. The lowest BCUT2D eigenvalue weighted by Gasteiger charge is -2.25. The van der Waals surface area contributed by atoms with Crippen LogP contribution in [0.25, 0.3) is 0 Å². The zero-order chi connectivity index (χ0) is 12.8. The summed E-state index contributed by atoms with van der Waals surface area (Å²) in [4.78, 5) is 2.31. The number of rotatable bonds is 6. The molecule has 1 aromatic rings. The summed E-state index contributed by atoms with van der Waals surface area (Å²) in [6.07, 6.45) is 2.04. The second kappa shape index (κ2) is 6.72. The van der Waals surface area contributed by atoms with Gasteiger partial charge in [-0.3, -0.25) is 0 Å². The molecule has 96 valence electrons. The van der Waals surface area contributed by atoms with Gasteiger partial charge in [-0.05, 0) is 51.1 Å². The first-order chi connectivity index (χ1) is 8.04. The van der Waals surface area contributed by atoms with Gasteiger partial charge in [-0.15, -0.1) is 0 Å². The van der Waals surface area contributed by atoms with Crippen LogP contribution in [0.4, 0.5) is 4.39 Å². The zero-order valence-corrected chi connectivity index (χ0v) is 11.0. The third-order valence-electron chi connectivity index (χ3n) is 3.43. The van der Waals surface area contributed by atoms with Crippen molar-refractivity contribution in [3.63, 3.8) is 0 Å². The van der Waals surface area contributed by atoms with E-state index < -0.39 is 0 Å². The molecule has 0 heterocycles. The second-order valence-corrected chi connectivity index (χ2v) is 4.68. The van der Waals surface area contributed by atoms with E-state index in [1.165, 1.54) is 12.1 Å². The summed E-state index contributed by atoms with van der Waals surface area (Å²) >= 11 is 0. The molecule has 17 heavy (non-hydrogen) atoms. The Morgan fingerprint density at radius 3 is 2.41 bits per heavy atom. The van der Waals surface area contributed by atoms with Crippen LogP contribution >= 0.6 is 0 Å². The smallest absolute Gasteiger partial charge is 0.123 e. The van der Waals surface area contributed by atoms with Crippen molar-refractivity contribution in [2.75, 3.05) is 13.6 Å². The van der Waals surface area contributed by atoms with Crippen molar-refractivity contribution >= 4 is 0 Å². The third kappa shape index (κ3) is 4.44. The second-order valence-electron chi connectivity index (χ2n) is 4.68. The van der Waals surface area contributed by atoms with Crippen LogP contribution in [0, 0.1) is 5.82 Å². The first kappa shape index (κ1) is 14.1. The van der Waals surface area contributed by atoms with Gasteiger partial charge >= 0.3 is 0 Å². The normalized spacial score (nSPS) is 14.9. The van der Waals surface area contributed by atoms with Gasteiger partial charge in [-0.25, -0.2) is 4.39 Å². The van der Waals surface area contributed by atoms with Crippen molar-refractivity contribution < 1.29 is 4.39 Å². The Bertz CT molecular complexity index is 323. The molecule has 3 heteroatoms. The van der Waals surface area contributed by atoms with Crippen LogP contribution in [-0.4, -0.2) is 24.5 Å². The van der Waals surface area contributed by atoms with Gasteiger partial charge in [0.15, 0.2) is 0 Å². The van der Waals surface area contributed by atoms with Crippen molar-refractivity contribution in [1.29, 1.82) is 0 Å². The summed E-state index contributed by atoms with van der Waals surface area (Å²) in [5.41, 5.74) is 7.09. The highest BCUT2D eigenvalue weighted by Gasteiger charge is 2.10. The molecule has 2 nitrogen and oxygen atoms in total. The standard InChI is InChI=1S/C14H23FN2/c1-4-11(2)17(3)10-9-14(16)12-5-7-13(15)8-6-12/h5-8,11,14H,4,9-10,16H2,1-3H3. The maximum atomic E-state index is 12.8. The van der Waals surface area contributed by atoms with Crippen molar-refractivity contribution in [2.24, 2.45) is 5.73 Å². The lowest BCUT2D eigenvalue weighted by Crippen LogP contribution is -2.31. The molecule has 2 unspecified atom stereocenters. The highest BCUT2D eigenvalue weighted by atomic mass is 19.1. The molecule has 0 saturated heterocycles. The molecule has 0 radical (unpaired) electrons. The highest BCUT2D eigenvalue weighted by molar-refractivity contribution is 5.19. The van der Waals surface area contributed by atoms with E-state index in [-0.39, 0.29) is 11.9 Å². The number of benzene rings is 1. The fourth-order valence-corrected chi connectivity index (χ4v) is 1.75. The van der Waals surface area contributed by atoms with Crippen molar-refractivity contribution in [2.45, 2.75) is 38.8 Å². The molecule has 0 aromatic heterocycles. The Kier molecular flexibility index (Phi) is 5.59. The first-order valence-corrected chi connectivity index (χ1v) is 6.25. The van der Waals surface area contributed by atoms with E-state index in [9.17, 15) is 4.39 Å². The summed E-state index contributed by atoms with van der Waals surface area (Å²) in [5.74, 6) is -0.210. The molecule has 0 aliphatic rings. The number of halogens is 1. The highest BCUT2D eigenvalue weighted by Crippen LogP contribution is 2.15. The molecule has 1 aromatic carbocycles. The number of hydrogen-bond donors (Lipinski definition) is 1. The van der Waals surface area contributed by atoms with Gasteiger partial charge in [0.05, 0.1) is 0 Å². The zero-order valence-electron chi connectivity index (χ0n) is 11.0. The van der Waals surface area contributed by atoms with Gasteiger partial charge in [-0.1, -0.05) is 19.1 Å². The summed E-state index contributed by atoms with van der Waals surface area (Å²) < 4.78 is 12.8. The maximum Gasteiger partial charge on any atom is 0.123 e. The average molecular weight is 238 g/mol. The Labute approximate surface area is 104 Å². The minimum Gasteiger partial charge on any atom is -0.324 e. The molecule has 2 N–H and O–H groups in total. The third-order valence-corrected chi connectivity index (χ3v) is 3.43. The van der Waals surface area contributed by atoms with Gasteiger partial charge in [0, 0.05) is 12.1 Å². The predicted molar refractivity (Wildman–Crippen MR) is 70.3 cm³/mol. The molecule has 0 aliphatic carbocycles. The van der Waals surface area contributed by atoms with Crippen molar-refractivity contribution in [3.8, 4) is 0 Å². The topological polar surface area (TPSA) is 29.3 Å². The molecule has 0 fully saturated rings. The van der Waals surface area contributed by atoms with Gasteiger partial charge < -0.3 is 10.6 Å². The Morgan fingerprint density at radius 1 is 1.29 bits per heavy atom. The molecule has 0 bridgehead atoms. The van der Waals surface area contributed by atoms with Crippen LogP contribution in [0.2, 0.25) is 0 Å². The van der Waals surface area contributed by atoms with E-state index in [1.54, 1.807) is 12.1 Å². The quantitative estimate of drug-likeness (QED) is 0.825. The van der Waals surface area contributed by atoms with E-state index in [2.05, 4.69) is 25.8 Å². The molecule has 0 saturated carbocycles. The Balaban J connectivity index is 2.44. The molecule has 0 aliphatic heterocycles. The fraction of sp³-hybridized carbons (Fsp3) is 0.571. The maximum absolute atomic E-state index is 12.8. The molecule has 1 rings (SSSR count). The molecule has 0 spiro atoms. The summed E-state index contributed by atoms with van der Waals surface area (Å²) in [5, 5.41) is 0. The van der Waals surface area contributed by atoms with Crippen molar-refractivity contribution in [1.82, 2.24) is 4.90 Å². The molecular weight excluding hydrogens is 215 g/mol. The molecule has 0 amide bonds. The Hall–Kier alpha value is -0.930. The monoisotopic (exact) mass is 238 g/mol. The first-order valence-electron chi connectivity index (χ1n) is 6.25.